The SMILES string of the molecule is Cl.Nc1nc2c(s1)C(=O)NCC2. The number of hydrogen-bond acceptors (Lipinski definition) is 4. The standard InChI is InChI=1S/C6H7N3OS.ClH/c7-6-9-3-1-2-8-5(10)4(3)11-6;/h1-2H2,(H2,7,9)(H,8,10);1H. The smallest absolute Gasteiger partial charge is 0.263 e. The fourth-order valence-electron chi connectivity index (χ4n) is 1.09. The van der Waals surface area contributed by atoms with Gasteiger partial charge in [0, 0.05) is 13.0 Å². The van der Waals surface area contributed by atoms with Crippen LogP contribution in [0.4, 0.5) is 5.13 Å². The molecule has 0 bridgehead atoms. The summed E-state index contributed by atoms with van der Waals surface area (Å²) >= 11 is 1.25. The van der Waals surface area contributed by atoms with E-state index >= 15 is 0 Å². The highest BCUT2D eigenvalue weighted by atomic mass is 35.5. The van der Waals surface area contributed by atoms with Gasteiger partial charge in [0.25, 0.3) is 5.91 Å². The highest BCUT2D eigenvalue weighted by Gasteiger charge is 2.20. The fourth-order valence-corrected chi connectivity index (χ4v) is 1.89. The Morgan fingerprint density at radius 1 is 1.58 bits per heavy atom. The molecule has 66 valence electrons. The zero-order valence-corrected chi connectivity index (χ0v) is 7.80. The van der Waals surface area contributed by atoms with Crippen molar-refractivity contribution in [3.63, 3.8) is 0 Å². The maximum absolute atomic E-state index is 11.1. The number of nitrogen functional groups attached to an aromatic ring is 1. The van der Waals surface area contributed by atoms with Crippen molar-refractivity contribution in [2.24, 2.45) is 0 Å². The van der Waals surface area contributed by atoms with Gasteiger partial charge in [0.15, 0.2) is 5.13 Å². The molecule has 12 heavy (non-hydrogen) atoms. The molecular weight excluding hydrogens is 198 g/mol. The quantitative estimate of drug-likeness (QED) is 0.646. The summed E-state index contributed by atoms with van der Waals surface area (Å²) < 4.78 is 0. The zero-order chi connectivity index (χ0) is 7.84. The van der Waals surface area contributed by atoms with Crippen LogP contribution < -0.4 is 11.1 Å². The molecule has 0 spiro atoms. The molecule has 1 aliphatic heterocycles. The number of anilines is 1. The van der Waals surface area contributed by atoms with E-state index in [0.29, 0.717) is 16.6 Å². The van der Waals surface area contributed by atoms with Crippen LogP contribution in [0.25, 0.3) is 0 Å². The lowest BCUT2D eigenvalue weighted by Crippen LogP contribution is -2.30. The number of halogens is 1. The van der Waals surface area contributed by atoms with E-state index in [0.717, 1.165) is 12.1 Å². The van der Waals surface area contributed by atoms with Crippen molar-refractivity contribution in [3.8, 4) is 0 Å². The van der Waals surface area contributed by atoms with Crippen LogP contribution in [-0.4, -0.2) is 17.4 Å². The Kier molecular flexibility index (Phi) is 2.54. The van der Waals surface area contributed by atoms with Crippen molar-refractivity contribution >= 4 is 34.8 Å². The summed E-state index contributed by atoms with van der Waals surface area (Å²) in [6.45, 7) is 0.676. The number of amides is 1. The van der Waals surface area contributed by atoms with Gasteiger partial charge in [0.2, 0.25) is 0 Å². The van der Waals surface area contributed by atoms with E-state index in [2.05, 4.69) is 10.3 Å². The van der Waals surface area contributed by atoms with E-state index in [4.69, 9.17) is 5.73 Å². The number of thiazole rings is 1. The third-order valence-electron chi connectivity index (χ3n) is 1.57. The van der Waals surface area contributed by atoms with Gasteiger partial charge in [0.05, 0.1) is 5.69 Å². The van der Waals surface area contributed by atoms with Crippen LogP contribution in [0.1, 0.15) is 15.4 Å². The monoisotopic (exact) mass is 205 g/mol. The predicted octanol–water partition coefficient (Wildman–Crippen LogP) is 0.433. The molecular formula is C6H8ClN3OS. The van der Waals surface area contributed by atoms with Crippen LogP contribution in [0.3, 0.4) is 0 Å². The third-order valence-corrected chi connectivity index (χ3v) is 2.49. The van der Waals surface area contributed by atoms with Gasteiger partial charge in [-0.15, -0.1) is 12.4 Å². The molecule has 3 N–H and O–H groups in total. The summed E-state index contributed by atoms with van der Waals surface area (Å²) in [6, 6.07) is 0. The molecule has 0 radical (unpaired) electrons. The average Bonchev–Trinajstić information content (AvgIpc) is 2.31. The lowest BCUT2D eigenvalue weighted by Gasteiger charge is -2.09. The first-order valence-corrected chi connectivity index (χ1v) is 4.12. The van der Waals surface area contributed by atoms with Crippen molar-refractivity contribution in [2.45, 2.75) is 6.42 Å². The van der Waals surface area contributed by atoms with Gasteiger partial charge in [0.1, 0.15) is 4.88 Å². The highest BCUT2D eigenvalue weighted by Crippen LogP contribution is 2.22. The number of nitrogens with zero attached hydrogens (tertiary/aromatic N) is 1. The Bertz CT molecular complexity index is 312. The minimum atomic E-state index is -0.0412. The minimum Gasteiger partial charge on any atom is -0.375 e. The number of hydrogen-bond donors (Lipinski definition) is 2. The first kappa shape index (κ1) is 9.28. The van der Waals surface area contributed by atoms with E-state index in [9.17, 15) is 4.79 Å². The molecule has 2 rings (SSSR count). The molecule has 0 fully saturated rings. The lowest BCUT2D eigenvalue weighted by molar-refractivity contribution is 0.0950. The summed E-state index contributed by atoms with van der Waals surface area (Å²) in [4.78, 5) is 15.8. The first-order chi connectivity index (χ1) is 5.27. The normalized spacial score (nSPS) is 14.5. The Balaban J connectivity index is 0.000000720. The summed E-state index contributed by atoms with van der Waals surface area (Å²) in [7, 11) is 0. The fraction of sp³-hybridized carbons (Fsp3) is 0.333. The largest absolute Gasteiger partial charge is 0.375 e. The third kappa shape index (κ3) is 1.37. The molecule has 1 aliphatic rings. The molecule has 6 heteroatoms. The van der Waals surface area contributed by atoms with Gasteiger partial charge < -0.3 is 11.1 Å². The van der Waals surface area contributed by atoms with Crippen molar-refractivity contribution in [3.05, 3.63) is 10.6 Å². The van der Waals surface area contributed by atoms with Gasteiger partial charge in [-0.3, -0.25) is 4.79 Å². The van der Waals surface area contributed by atoms with E-state index in [1.165, 1.54) is 11.3 Å². The zero-order valence-electron chi connectivity index (χ0n) is 6.16. The number of carbonyl (C=O) groups excluding carboxylic acids is 1. The Morgan fingerprint density at radius 2 is 2.33 bits per heavy atom. The van der Waals surface area contributed by atoms with Gasteiger partial charge in [-0.05, 0) is 0 Å². The minimum absolute atomic E-state index is 0. The highest BCUT2D eigenvalue weighted by molar-refractivity contribution is 7.17. The number of nitrogens with two attached hydrogens (primary N) is 1. The molecule has 0 unspecified atom stereocenters. The molecule has 0 saturated heterocycles. The van der Waals surface area contributed by atoms with Gasteiger partial charge in [-0.2, -0.15) is 0 Å². The number of nitrogens with one attached hydrogen (secondary N) is 1. The second-order valence-corrected chi connectivity index (χ2v) is 3.36. The Morgan fingerprint density at radius 3 is 3.00 bits per heavy atom. The molecule has 4 nitrogen and oxygen atoms in total. The topological polar surface area (TPSA) is 68.0 Å². The molecule has 0 atom stereocenters. The van der Waals surface area contributed by atoms with E-state index in [1.807, 2.05) is 0 Å². The predicted molar refractivity (Wildman–Crippen MR) is 49.8 cm³/mol. The summed E-state index contributed by atoms with van der Waals surface area (Å²) in [5.74, 6) is -0.0412. The average molecular weight is 206 g/mol. The van der Waals surface area contributed by atoms with Crippen molar-refractivity contribution in [1.29, 1.82) is 0 Å². The van der Waals surface area contributed by atoms with Crippen LogP contribution in [0, 0.1) is 0 Å². The number of carbonyl (C=O) groups is 1. The summed E-state index contributed by atoms with van der Waals surface area (Å²) in [5.41, 5.74) is 6.29. The van der Waals surface area contributed by atoms with Gasteiger partial charge in [-0.25, -0.2) is 4.98 Å². The molecule has 0 aromatic carbocycles. The Hall–Kier alpha value is -0.810. The van der Waals surface area contributed by atoms with E-state index in [1.54, 1.807) is 0 Å². The molecule has 1 amide bonds. The molecule has 2 heterocycles. The Labute approximate surface area is 79.6 Å². The van der Waals surface area contributed by atoms with E-state index < -0.39 is 0 Å². The number of rotatable bonds is 0. The maximum atomic E-state index is 11.1. The second-order valence-electron chi connectivity index (χ2n) is 2.33. The lowest BCUT2D eigenvalue weighted by atomic mass is 10.2. The van der Waals surface area contributed by atoms with Gasteiger partial charge >= 0.3 is 0 Å². The van der Waals surface area contributed by atoms with Crippen LogP contribution in [0.2, 0.25) is 0 Å². The maximum Gasteiger partial charge on any atom is 0.263 e. The van der Waals surface area contributed by atoms with Crippen molar-refractivity contribution < 1.29 is 4.79 Å². The molecule has 1 aromatic heterocycles. The van der Waals surface area contributed by atoms with Crippen LogP contribution in [0.15, 0.2) is 0 Å². The van der Waals surface area contributed by atoms with Crippen molar-refractivity contribution in [2.75, 3.05) is 12.3 Å². The summed E-state index contributed by atoms with van der Waals surface area (Å²) in [6.07, 6.45) is 0.800. The molecule has 0 aliphatic carbocycles. The second kappa shape index (κ2) is 3.28. The van der Waals surface area contributed by atoms with E-state index in [-0.39, 0.29) is 18.3 Å². The molecule has 0 saturated carbocycles. The van der Waals surface area contributed by atoms with Crippen LogP contribution in [0.5, 0.6) is 0 Å². The molecule has 1 aromatic rings. The van der Waals surface area contributed by atoms with Crippen molar-refractivity contribution in [1.82, 2.24) is 10.3 Å². The van der Waals surface area contributed by atoms with Crippen LogP contribution in [-0.2, 0) is 6.42 Å². The number of fused-ring (bicyclic) bond motifs is 1. The van der Waals surface area contributed by atoms with Crippen LogP contribution >= 0.6 is 23.7 Å². The number of aromatic nitrogens is 1. The summed E-state index contributed by atoms with van der Waals surface area (Å²) in [5, 5.41) is 3.21. The van der Waals surface area contributed by atoms with Gasteiger partial charge in [-0.1, -0.05) is 11.3 Å². The first-order valence-electron chi connectivity index (χ1n) is 3.31.